The Hall–Kier alpha value is -1.79. The van der Waals surface area contributed by atoms with Crippen LogP contribution in [0.4, 0.5) is 5.69 Å². The molecule has 0 amide bonds. The number of rotatable bonds is 2. The molecule has 0 aliphatic heterocycles. The van der Waals surface area contributed by atoms with E-state index in [9.17, 15) is 4.79 Å². The standard InChI is InChI=1S/C12H9ClN2O/c13-12-6-10(2-1-8(12)7-14)15-9-3-4-11(16)5-9/h1-2,5-6,15H,3-4H2. The molecule has 4 heteroatoms. The van der Waals surface area contributed by atoms with Crippen LogP contribution in [-0.4, -0.2) is 5.78 Å². The van der Waals surface area contributed by atoms with Gasteiger partial charge in [-0.3, -0.25) is 4.79 Å². The molecule has 0 atom stereocenters. The first-order valence-electron chi connectivity index (χ1n) is 4.89. The van der Waals surface area contributed by atoms with Crippen LogP contribution < -0.4 is 5.32 Å². The van der Waals surface area contributed by atoms with Crippen molar-refractivity contribution in [1.82, 2.24) is 0 Å². The Morgan fingerprint density at radius 3 is 2.75 bits per heavy atom. The predicted octanol–water partition coefficient (Wildman–Crippen LogP) is 2.87. The van der Waals surface area contributed by atoms with Gasteiger partial charge in [-0.05, 0) is 24.6 Å². The monoisotopic (exact) mass is 232 g/mol. The molecule has 0 unspecified atom stereocenters. The second-order valence-electron chi connectivity index (χ2n) is 3.57. The van der Waals surface area contributed by atoms with Gasteiger partial charge in [0.2, 0.25) is 0 Å². The van der Waals surface area contributed by atoms with Gasteiger partial charge in [0.05, 0.1) is 10.6 Å². The maximum atomic E-state index is 11.0. The van der Waals surface area contributed by atoms with Crippen molar-refractivity contribution >= 4 is 23.1 Å². The summed E-state index contributed by atoms with van der Waals surface area (Å²) in [4.78, 5) is 11.0. The first-order chi connectivity index (χ1) is 7.69. The number of nitrogens with zero attached hydrogens (tertiary/aromatic N) is 1. The second kappa shape index (κ2) is 4.38. The Bertz CT molecular complexity index is 514. The van der Waals surface area contributed by atoms with Gasteiger partial charge in [-0.25, -0.2) is 0 Å². The van der Waals surface area contributed by atoms with Crippen LogP contribution in [0.2, 0.25) is 5.02 Å². The molecular formula is C12H9ClN2O. The number of benzene rings is 1. The molecule has 0 saturated heterocycles. The SMILES string of the molecule is N#Cc1ccc(NC2=CC(=O)CC2)cc1Cl. The predicted molar refractivity (Wildman–Crippen MR) is 62.1 cm³/mol. The van der Waals surface area contributed by atoms with Crippen molar-refractivity contribution < 1.29 is 4.79 Å². The summed E-state index contributed by atoms with van der Waals surface area (Å²) >= 11 is 5.89. The van der Waals surface area contributed by atoms with E-state index in [1.54, 1.807) is 24.3 Å². The van der Waals surface area contributed by atoms with E-state index in [1.807, 2.05) is 6.07 Å². The third-order valence-electron chi connectivity index (χ3n) is 2.37. The number of carbonyl (C=O) groups is 1. The van der Waals surface area contributed by atoms with Gasteiger partial charge in [-0.15, -0.1) is 0 Å². The van der Waals surface area contributed by atoms with Crippen molar-refractivity contribution in [2.45, 2.75) is 12.8 Å². The largest absolute Gasteiger partial charge is 0.359 e. The molecule has 80 valence electrons. The van der Waals surface area contributed by atoms with Crippen LogP contribution in [-0.2, 0) is 4.79 Å². The maximum Gasteiger partial charge on any atom is 0.157 e. The molecule has 1 aliphatic carbocycles. The van der Waals surface area contributed by atoms with Crippen molar-refractivity contribution in [3.8, 4) is 6.07 Å². The molecule has 1 N–H and O–H groups in total. The molecule has 1 aliphatic rings. The highest BCUT2D eigenvalue weighted by Gasteiger charge is 2.12. The zero-order valence-electron chi connectivity index (χ0n) is 8.46. The highest BCUT2D eigenvalue weighted by Crippen LogP contribution is 2.23. The van der Waals surface area contributed by atoms with Gasteiger partial charge in [-0.1, -0.05) is 11.6 Å². The summed E-state index contributed by atoms with van der Waals surface area (Å²) < 4.78 is 0. The van der Waals surface area contributed by atoms with Gasteiger partial charge in [0, 0.05) is 23.9 Å². The van der Waals surface area contributed by atoms with E-state index in [1.165, 1.54) is 0 Å². The number of nitriles is 1. The molecule has 16 heavy (non-hydrogen) atoms. The van der Waals surface area contributed by atoms with Gasteiger partial charge < -0.3 is 5.32 Å². The van der Waals surface area contributed by atoms with E-state index in [0.717, 1.165) is 17.8 Å². The Morgan fingerprint density at radius 2 is 2.19 bits per heavy atom. The van der Waals surface area contributed by atoms with E-state index in [0.29, 0.717) is 17.0 Å². The highest BCUT2D eigenvalue weighted by atomic mass is 35.5. The van der Waals surface area contributed by atoms with E-state index in [2.05, 4.69) is 5.32 Å². The van der Waals surface area contributed by atoms with Crippen LogP contribution in [0, 0.1) is 11.3 Å². The van der Waals surface area contributed by atoms with E-state index in [-0.39, 0.29) is 5.78 Å². The number of nitrogens with one attached hydrogen (secondary N) is 1. The molecule has 1 aromatic rings. The third kappa shape index (κ3) is 2.23. The van der Waals surface area contributed by atoms with Crippen LogP contribution in [0.25, 0.3) is 0 Å². The lowest BCUT2D eigenvalue weighted by Gasteiger charge is -2.07. The quantitative estimate of drug-likeness (QED) is 0.853. The zero-order chi connectivity index (χ0) is 11.5. The van der Waals surface area contributed by atoms with Gasteiger partial charge >= 0.3 is 0 Å². The maximum absolute atomic E-state index is 11.0. The molecular weight excluding hydrogens is 224 g/mol. The van der Waals surface area contributed by atoms with Crippen molar-refractivity contribution in [2.24, 2.45) is 0 Å². The van der Waals surface area contributed by atoms with Gasteiger partial charge in [0.1, 0.15) is 6.07 Å². The Labute approximate surface area is 98.3 Å². The number of allylic oxidation sites excluding steroid dienone is 2. The Morgan fingerprint density at radius 1 is 1.38 bits per heavy atom. The zero-order valence-corrected chi connectivity index (χ0v) is 9.21. The van der Waals surface area contributed by atoms with Crippen molar-refractivity contribution in [1.29, 1.82) is 5.26 Å². The lowest BCUT2D eigenvalue weighted by molar-refractivity contribution is -0.114. The molecule has 1 aromatic carbocycles. The minimum atomic E-state index is 0.141. The normalized spacial score (nSPS) is 14.5. The summed E-state index contributed by atoms with van der Waals surface area (Å²) in [6.45, 7) is 0. The number of halogens is 1. The topological polar surface area (TPSA) is 52.9 Å². The number of hydrogen-bond donors (Lipinski definition) is 1. The first kappa shape index (κ1) is 10.7. The lowest BCUT2D eigenvalue weighted by atomic mass is 10.2. The molecule has 0 fully saturated rings. The Balaban J connectivity index is 2.17. The van der Waals surface area contributed by atoms with E-state index >= 15 is 0 Å². The average Bonchev–Trinajstić information content (AvgIpc) is 2.64. The molecule has 0 spiro atoms. The third-order valence-corrected chi connectivity index (χ3v) is 2.68. The van der Waals surface area contributed by atoms with Crippen molar-refractivity contribution in [2.75, 3.05) is 5.32 Å². The van der Waals surface area contributed by atoms with Gasteiger partial charge in [0.25, 0.3) is 0 Å². The van der Waals surface area contributed by atoms with Gasteiger partial charge in [0.15, 0.2) is 5.78 Å². The summed E-state index contributed by atoms with van der Waals surface area (Å²) in [6, 6.07) is 7.11. The summed E-state index contributed by atoms with van der Waals surface area (Å²) in [5.74, 6) is 0.141. The number of anilines is 1. The molecule has 3 nitrogen and oxygen atoms in total. The Kier molecular flexibility index (Phi) is 2.93. The summed E-state index contributed by atoms with van der Waals surface area (Å²) in [5.41, 5.74) is 2.14. The van der Waals surface area contributed by atoms with Crippen LogP contribution >= 0.6 is 11.6 Å². The summed E-state index contributed by atoms with van der Waals surface area (Å²) in [5, 5.41) is 12.2. The number of ketones is 1. The fourth-order valence-electron chi connectivity index (χ4n) is 1.56. The first-order valence-corrected chi connectivity index (χ1v) is 5.27. The summed E-state index contributed by atoms with van der Waals surface area (Å²) in [6.07, 6.45) is 2.90. The van der Waals surface area contributed by atoms with E-state index in [4.69, 9.17) is 16.9 Å². The number of hydrogen-bond acceptors (Lipinski definition) is 3. The molecule has 0 aromatic heterocycles. The highest BCUT2D eigenvalue weighted by molar-refractivity contribution is 6.32. The molecule has 0 heterocycles. The minimum Gasteiger partial charge on any atom is -0.359 e. The van der Waals surface area contributed by atoms with Crippen LogP contribution in [0.3, 0.4) is 0 Å². The molecule has 0 saturated carbocycles. The average molecular weight is 233 g/mol. The fourth-order valence-corrected chi connectivity index (χ4v) is 1.79. The van der Waals surface area contributed by atoms with Gasteiger partial charge in [-0.2, -0.15) is 5.26 Å². The molecule has 0 bridgehead atoms. The summed E-state index contributed by atoms with van der Waals surface area (Å²) in [7, 11) is 0. The minimum absolute atomic E-state index is 0.141. The fraction of sp³-hybridized carbons (Fsp3) is 0.167. The number of carbonyl (C=O) groups excluding carboxylic acids is 1. The smallest absolute Gasteiger partial charge is 0.157 e. The van der Waals surface area contributed by atoms with E-state index < -0.39 is 0 Å². The second-order valence-corrected chi connectivity index (χ2v) is 3.97. The van der Waals surface area contributed by atoms with Crippen molar-refractivity contribution in [3.63, 3.8) is 0 Å². The van der Waals surface area contributed by atoms with Crippen LogP contribution in [0.15, 0.2) is 30.0 Å². The molecule has 2 rings (SSSR count). The molecule has 0 radical (unpaired) electrons. The van der Waals surface area contributed by atoms with Crippen molar-refractivity contribution in [3.05, 3.63) is 40.6 Å². The lowest BCUT2D eigenvalue weighted by Crippen LogP contribution is -1.96. The van der Waals surface area contributed by atoms with Crippen LogP contribution in [0.1, 0.15) is 18.4 Å². The van der Waals surface area contributed by atoms with Crippen LogP contribution in [0.5, 0.6) is 0 Å².